The molecule has 9 heteroatoms. The van der Waals surface area contributed by atoms with Gasteiger partial charge in [0.05, 0.1) is 30.2 Å². The number of carbonyl (C=O) groups is 1. The molecule has 9 nitrogen and oxygen atoms in total. The number of amides is 1. The Bertz CT molecular complexity index is 673. The molecule has 1 amide bonds. The number of aromatic nitrogens is 2. The van der Waals surface area contributed by atoms with E-state index >= 15 is 0 Å². The van der Waals surface area contributed by atoms with Crippen LogP contribution in [0, 0.1) is 10.1 Å². The Morgan fingerprint density at radius 3 is 2.70 bits per heavy atom. The fourth-order valence-corrected chi connectivity index (χ4v) is 2.55. The fourth-order valence-electron chi connectivity index (χ4n) is 2.55. The van der Waals surface area contributed by atoms with Crippen molar-refractivity contribution in [2.75, 3.05) is 26.2 Å². The minimum atomic E-state index is -0.575. The van der Waals surface area contributed by atoms with Gasteiger partial charge in [-0.05, 0) is 17.1 Å². The lowest BCUT2D eigenvalue weighted by Crippen LogP contribution is -2.49. The molecule has 3 heterocycles. The maximum absolute atomic E-state index is 12.2. The number of nitrogens with zero attached hydrogens (tertiary/aromatic N) is 5. The topological polar surface area (TPSA) is 97.6 Å². The molecule has 1 aliphatic rings. The molecule has 0 unspecified atom stereocenters. The average Bonchev–Trinajstić information content (AvgIpc) is 3.19. The molecular formula is C14H17N5O4. The maximum atomic E-state index is 12.2. The molecule has 0 aromatic carbocycles. The molecule has 0 bridgehead atoms. The Morgan fingerprint density at radius 1 is 1.30 bits per heavy atom. The number of hydrogen-bond acceptors (Lipinski definition) is 6. The Labute approximate surface area is 132 Å². The molecule has 0 saturated carbocycles. The first-order chi connectivity index (χ1) is 11.1. The average molecular weight is 319 g/mol. The van der Waals surface area contributed by atoms with Gasteiger partial charge in [-0.3, -0.25) is 9.69 Å². The van der Waals surface area contributed by atoms with E-state index in [4.69, 9.17) is 4.42 Å². The summed E-state index contributed by atoms with van der Waals surface area (Å²) < 4.78 is 6.62. The van der Waals surface area contributed by atoms with Gasteiger partial charge in [0.15, 0.2) is 0 Å². The van der Waals surface area contributed by atoms with Crippen molar-refractivity contribution < 1.29 is 14.1 Å². The van der Waals surface area contributed by atoms with E-state index in [2.05, 4.69) is 10.00 Å². The van der Waals surface area contributed by atoms with E-state index < -0.39 is 4.92 Å². The largest absolute Gasteiger partial charge is 0.468 e. The Balaban J connectivity index is 1.48. The van der Waals surface area contributed by atoms with E-state index in [0.717, 1.165) is 25.4 Å². The summed E-state index contributed by atoms with van der Waals surface area (Å²) in [6, 6.07) is 5.08. The van der Waals surface area contributed by atoms with Crippen LogP contribution in [-0.2, 0) is 17.9 Å². The van der Waals surface area contributed by atoms with Gasteiger partial charge < -0.3 is 19.4 Å². The molecule has 1 aliphatic heterocycles. The van der Waals surface area contributed by atoms with Crippen molar-refractivity contribution in [2.45, 2.75) is 13.1 Å². The van der Waals surface area contributed by atoms with E-state index in [0.29, 0.717) is 13.1 Å². The normalized spacial score (nSPS) is 15.7. The molecule has 0 N–H and O–H groups in total. The van der Waals surface area contributed by atoms with Crippen LogP contribution < -0.4 is 0 Å². The van der Waals surface area contributed by atoms with Crippen LogP contribution in [0.2, 0.25) is 0 Å². The van der Waals surface area contributed by atoms with Gasteiger partial charge in [0.2, 0.25) is 5.91 Å². The Hall–Kier alpha value is -2.68. The number of nitro groups is 1. The molecular weight excluding hydrogens is 302 g/mol. The second kappa shape index (κ2) is 6.61. The summed E-state index contributed by atoms with van der Waals surface area (Å²) in [7, 11) is 0. The Kier molecular flexibility index (Phi) is 4.38. The van der Waals surface area contributed by atoms with Crippen molar-refractivity contribution in [3.05, 3.63) is 46.5 Å². The Morgan fingerprint density at radius 2 is 2.09 bits per heavy atom. The molecule has 122 valence electrons. The molecule has 2 aromatic rings. The highest BCUT2D eigenvalue weighted by molar-refractivity contribution is 5.76. The molecule has 1 fully saturated rings. The van der Waals surface area contributed by atoms with Crippen LogP contribution in [0.3, 0.4) is 0 Å². The lowest BCUT2D eigenvalue weighted by atomic mass is 10.3. The van der Waals surface area contributed by atoms with Gasteiger partial charge in [-0.1, -0.05) is 0 Å². The molecule has 1 saturated heterocycles. The molecule has 0 atom stereocenters. The number of rotatable bonds is 5. The van der Waals surface area contributed by atoms with Crippen molar-refractivity contribution in [2.24, 2.45) is 0 Å². The van der Waals surface area contributed by atoms with E-state index in [9.17, 15) is 14.9 Å². The number of piperazine rings is 1. The minimum Gasteiger partial charge on any atom is -0.468 e. The molecule has 3 rings (SSSR count). The second-order valence-electron chi connectivity index (χ2n) is 5.36. The maximum Gasteiger partial charge on any atom is 0.389 e. The van der Waals surface area contributed by atoms with E-state index in [1.54, 1.807) is 11.2 Å². The standard InChI is InChI=1S/C14H17N5O4/c20-14(11-18-4-3-13(15-18)19(21)22)17-7-5-16(6-8-17)10-12-2-1-9-23-12/h1-4,9H,5-8,10-11H2. The smallest absolute Gasteiger partial charge is 0.389 e. The van der Waals surface area contributed by atoms with Crippen LogP contribution in [0.4, 0.5) is 5.82 Å². The zero-order valence-corrected chi connectivity index (χ0v) is 12.5. The summed E-state index contributed by atoms with van der Waals surface area (Å²) in [6.45, 7) is 3.55. The van der Waals surface area contributed by atoms with Crippen LogP contribution in [-0.4, -0.2) is 56.6 Å². The van der Waals surface area contributed by atoms with Gasteiger partial charge in [-0.2, -0.15) is 4.68 Å². The summed E-state index contributed by atoms with van der Waals surface area (Å²) >= 11 is 0. The third kappa shape index (κ3) is 3.75. The third-order valence-electron chi connectivity index (χ3n) is 3.80. The van der Waals surface area contributed by atoms with Crippen LogP contribution in [0.5, 0.6) is 0 Å². The number of hydrogen-bond donors (Lipinski definition) is 0. The van der Waals surface area contributed by atoms with Gasteiger partial charge in [0.1, 0.15) is 12.3 Å². The van der Waals surface area contributed by atoms with Crippen LogP contribution in [0.25, 0.3) is 0 Å². The van der Waals surface area contributed by atoms with Crippen LogP contribution in [0.15, 0.2) is 35.1 Å². The number of furan rings is 1. The lowest BCUT2D eigenvalue weighted by Gasteiger charge is -2.34. The molecule has 0 aliphatic carbocycles. The van der Waals surface area contributed by atoms with Gasteiger partial charge in [-0.15, -0.1) is 0 Å². The van der Waals surface area contributed by atoms with Crippen molar-refractivity contribution >= 4 is 11.7 Å². The summed E-state index contributed by atoms with van der Waals surface area (Å²) in [5, 5.41) is 14.3. The molecule has 0 radical (unpaired) electrons. The SMILES string of the molecule is O=C(Cn1ccc([N+](=O)[O-])n1)N1CCN(Cc2ccco2)CC1. The zero-order valence-electron chi connectivity index (χ0n) is 12.5. The van der Waals surface area contributed by atoms with E-state index in [1.165, 1.54) is 16.9 Å². The predicted octanol–water partition coefficient (Wildman–Crippen LogP) is 0.729. The van der Waals surface area contributed by atoms with Crippen molar-refractivity contribution in [3.8, 4) is 0 Å². The summed E-state index contributed by atoms with van der Waals surface area (Å²) in [5.41, 5.74) is 0. The predicted molar refractivity (Wildman–Crippen MR) is 79.4 cm³/mol. The van der Waals surface area contributed by atoms with Crippen LogP contribution >= 0.6 is 0 Å². The summed E-state index contributed by atoms with van der Waals surface area (Å²) in [4.78, 5) is 26.2. The zero-order chi connectivity index (χ0) is 16.2. The lowest BCUT2D eigenvalue weighted by molar-refractivity contribution is -0.389. The monoisotopic (exact) mass is 319 g/mol. The highest BCUT2D eigenvalue weighted by Crippen LogP contribution is 2.10. The first kappa shape index (κ1) is 15.2. The third-order valence-corrected chi connectivity index (χ3v) is 3.80. The number of carbonyl (C=O) groups excluding carboxylic acids is 1. The van der Waals surface area contributed by atoms with Gasteiger partial charge >= 0.3 is 5.82 Å². The van der Waals surface area contributed by atoms with Crippen molar-refractivity contribution in [1.29, 1.82) is 0 Å². The first-order valence-electron chi connectivity index (χ1n) is 7.32. The van der Waals surface area contributed by atoms with E-state index in [1.807, 2.05) is 12.1 Å². The van der Waals surface area contributed by atoms with Gasteiger partial charge in [-0.25, -0.2) is 0 Å². The van der Waals surface area contributed by atoms with Crippen molar-refractivity contribution in [1.82, 2.24) is 19.6 Å². The van der Waals surface area contributed by atoms with Gasteiger partial charge in [0, 0.05) is 26.2 Å². The van der Waals surface area contributed by atoms with Gasteiger partial charge in [0.25, 0.3) is 0 Å². The highest BCUT2D eigenvalue weighted by Gasteiger charge is 2.23. The van der Waals surface area contributed by atoms with Crippen LogP contribution in [0.1, 0.15) is 5.76 Å². The van der Waals surface area contributed by atoms with Crippen molar-refractivity contribution in [3.63, 3.8) is 0 Å². The first-order valence-corrected chi connectivity index (χ1v) is 7.32. The summed E-state index contributed by atoms with van der Waals surface area (Å²) in [5.74, 6) is 0.579. The quantitative estimate of drug-likeness (QED) is 0.595. The summed E-state index contributed by atoms with van der Waals surface area (Å²) in [6.07, 6.45) is 3.10. The molecule has 0 spiro atoms. The highest BCUT2D eigenvalue weighted by atomic mass is 16.6. The van der Waals surface area contributed by atoms with E-state index in [-0.39, 0.29) is 18.3 Å². The fraction of sp³-hybridized carbons (Fsp3) is 0.429. The molecule has 2 aromatic heterocycles. The second-order valence-corrected chi connectivity index (χ2v) is 5.36. The minimum absolute atomic E-state index is 0.0199. The molecule has 23 heavy (non-hydrogen) atoms.